The number of carbonyl (C=O) groups is 1. The zero-order valence-electron chi connectivity index (χ0n) is 9.90. The first-order valence-electron chi connectivity index (χ1n) is 5.97. The topological polar surface area (TPSA) is 59.0 Å². The maximum Gasteiger partial charge on any atom is 0.257 e. The van der Waals surface area contributed by atoms with Crippen LogP contribution in [0.3, 0.4) is 0 Å². The third-order valence-electron chi connectivity index (χ3n) is 2.84. The predicted octanol–water partition coefficient (Wildman–Crippen LogP) is 1.23. The molecule has 100 valence electrons. The molecule has 1 atom stereocenters. The fourth-order valence-electron chi connectivity index (χ4n) is 2.04. The van der Waals surface area contributed by atoms with Gasteiger partial charge in [0.25, 0.3) is 6.43 Å². The maximum atomic E-state index is 12.1. The van der Waals surface area contributed by atoms with Gasteiger partial charge in [0.05, 0.1) is 11.9 Å². The molecule has 1 aliphatic heterocycles. The summed E-state index contributed by atoms with van der Waals surface area (Å²) in [5.74, 6) is -0.119. The predicted molar refractivity (Wildman–Crippen MR) is 62.5 cm³/mol. The van der Waals surface area contributed by atoms with Crippen molar-refractivity contribution < 1.29 is 13.6 Å². The molecule has 2 heterocycles. The second-order valence-electron chi connectivity index (χ2n) is 4.39. The molecule has 1 aliphatic rings. The molecule has 1 unspecified atom stereocenters. The zero-order chi connectivity index (χ0) is 13.0. The van der Waals surface area contributed by atoms with Crippen molar-refractivity contribution in [3.8, 4) is 0 Å². The van der Waals surface area contributed by atoms with Gasteiger partial charge in [0.2, 0.25) is 5.91 Å². The van der Waals surface area contributed by atoms with E-state index >= 15 is 0 Å². The number of amides is 1. The molecule has 0 radical (unpaired) electrons. The van der Waals surface area contributed by atoms with Crippen LogP contribution >= 0.6 is 0 Å². The number of carbonyl (C=O) groups excluding carboxylic acids is 1. The Kier molecular flexibility index (Phi) is 4.24. The lowest BCUT2D eigenvalue weighted by Crippen LogP contribution is -2.27. The van der Waals surface area contributed by atoms with E-state index in [2.05, 4.69) is 15.7 Å². The lowest BCUT2D eigenvalue weighted by atomic mass is 10.1. The standard InChI is InChI=1S/C11H16F2N4O/c12-10(13)7-17-6-9(5-15-17)16-11(18)4-8-2-1-3-14-8/h5-6,8,10,14H,1-4,7H2,(H,16,18). The highest BCUT2D eigenvalue weighted by Crippen LogP contribution is 2.11. The van der Waals surface area contributed by atoms with Crippen molar-refractivity contribution in [2.24, 2.45) is 0 Å². The van der Waals surface area contributed by atoms with Crippen molar-refractivity contribution in [1.82, 2.24) is 15.1 Å². The van der Waals surface area contributed by atoms with Crippen LogP contribution in [0.25, 0.3) is 0 Å². The zero-order valence-corrected chi connectivity index (χ0v) is 9.90. The second-order valence-corrected chi connectivity index (χ2v) is 4.39. The molecule has 1 aromatic heterocycles. The molecular formula is C11H16F2N4O. The van der Waals surface area contributed by atoms with E-state index in [0.717, 1.165) is 24.1 Å². The Morgan fingerprint density at radius 3 is 3.17 bits per heavy atom. The first kappa shape index (κ1) is 12.9. The Bertz CT molecular complexity index is 402. The normalized spacial score (nSPS) is 19.4. The summed E-state index contributed by atoms with van der Waals surface area (Å²) in [6, 6.07) is 0.223. The monoisotopic (exact) mass is 258 g/mol. The minimum Gasteiger partial charge on any atom is -0.323 e. The van der Waals surface area contributed by atoms with Crippen LogP contribution in [0.1, 0.15) is 19.3 Å². The molecule has 1 saturated heterocycles. The lowest BCUT2D eigenvalue weighted by molar-refractivity contribution is -0.116. The minimum absolute atomic E-state index is 0.119. The third-order valence-corrected chi connectivity index (χ3v) is 2.84. The van der Waals surface area contributed by atoms with Gasteiger partial charge in [-0.15, -0.1) is 0 Å². The maximum absolute atomic E-state index is 12.1. The number of anilines is 1. The van der Waals surface area contributed by atoms with Crippen LogP contribution in [0, 0.1) is 0 Å². The smallest absolute Gasteiger partial charge is 0.257 e. The Morgan fingerprint density at radius 2 is 2.50 bits per heavy atom. The third kappa shape index (κ3) is 3.76. The van der Waals surface area contributed by atoms with Crippen molar-refractivity contribution in [2.75, 3.05) is 11.9 Å². The molecule has 18 heavy (non-hydrogen) atoms. The van der Waals surface area contributed by atoms with Crippen LogP contribution in [-0.2, 0) is 11.3 Å². The van der Waals surface area contributed by atoms with Crippen LogP contribution < -0.4 is 10.6 Å². The van der Waals surface area contributed by atoms with Gasteiger partial charge in [-0.2, -0.15) is 5.10 Å². The highest BCUT2D eigenvalue weighted by molar-refractivity contribution is 5.90. The van der Waals surface area contributed by atoms with E-state index in [1.54, 1.807) is 0 Å². The molecular weight excluding hydrogens is 242 g/mol. The van der Waals surface area contributed by atoms with Gasteiger partial charge in [-0.1, -0.05) is 0 Å². The number of aromatic nitrogens is 2. The van der Waals surface area contributed by atoms with Crippen LogP contribution in [0.15, 0.2) is 12.4 Å². The summed E-state index contributed by atoms with van der Waals surface area (Å²) in [7, 11) is 0. The van der Waals surface area contributed by atoms with Crippen molar-refractivity contribution in [3.05, 3.63) is 12.4 Å². The van der Waals surface area contributed by atoms with E-state index in [0.29, 0.717) is 12.1 Å². The molecule has 0 aliphatic carbocycles. The fraction of sp³-hybridized carbons (Fsp3) is 0.636. The molecule has 0 aromatic carbocycles. The van der Waals surface area contributed by atoms with Crippen LogP contribution in [0.5, 0.6) is 0 Å². The number of hydrogen-bond donors (Lipinski definition) is 2. The van der Waals surface area contributed by atoms with Gasteiger partial charge in [-0.25, -0.2) is 8.78 Å². The Morgan fingerprint density at radius 1 is 1.67 bits per heavy atom. The van der Waals surface area contributed by atoms with Crippen molar-refractivity contribution in [3.63, 3.8) is 0 Å². The summed E-state index contributed by atoms with van der Waals surface area (Å²) in [5, 5.41) is 9.63. The van der Waals surface area contributed by atoms with Gasteiger partial charge in [-0.05, 0) is 19.4 Å². The Labute approximate surface area is 104 Å². The first-order valence-corrected chi connectivity index (χ1v) is 5.97. The van der Waals surface area contributed by atoms with Crippen LogP contribution in [-0.4, -0.2) is 34.7 Å². The summed E-state index contributed by atoms with van der Waals surface area (Å²) in [5.41, 5.74) is 0.457. The van der Waals surface area contributed by atoms with Gasteiger partial charge in [0.15, 0.2) is 0 Å². The van der Waals surface area contributed by atoms with E-state index in [1.165, 1.54) is 12.4 Å². The van der Waals surface area contributed by atoms with E-state index in [4.69, 9.17) is 0 Å². The van der Waals surface area contributed by atoms with Crippen LogP contribution in [0.4, 0.5) is 14.5 Å². The van der Waals surface area contributed by atoms with E-state index in [1.807, 2.05) is 0 Å². The average Bonchev–Trinajstić information content (AvgIpc) is 2.89. The molecule has 2 rings (SSSR count). The summed E-state index contributed by atoms with van der Waals surface area (Å²) >= 11 is 0. The largest absolute Gasteiger partial charge is 0.323 e. The first-order chi connectivity index (χ1) is 8.63. The number of halogens is 2. The highest BCUT2D eigenvalue weighted by Gasteiger charge is 2.18. The van der Waals surface area contributed by atoms with E-state index in [-0.39, 0.29) is 11.9 Å². The molecule has 2 N–H and O–H groups in total. The number of rotatable bonds is 5. The van der Waals surface area contributed by atoms with Crippen LogP contribution in [0.2, 0.25) is 0 Å². The average molecular weight is 258 g/mol. The molecule has 5 nitrogen and oxygen atoms in total. The number of nitrogens with zero attached hydrogens (tertiary/aromatic N) is 2. The molecule has 1 amide bonds. The van der Waals surface area contributed by atoms with Gasteiger partial charge < -0.3 is 10.6 Å². The molecule has 0 saturated carbocycles. The molecule has 0 bridgehead atoms. The SMILES string of the molecule is O=C(CC1CCCN1)Nc1cnn(CC(F)F)c1. The number of alkyl halides is 2. The molecule has 0 spiro atoms. The number of nitrogens with one attached hydrogen (secondary N) is 2. The van der Waals surface area contributed by atoms with E-state index in [9.17, 15) is 13.6 Å². The minimum atomic E-state index is -2.45. The van der Waals surface area contributed by atoms with Gasteiger partial charge >= 0.3 is 0 Å². The Balaban J connectivity index is 1.81. The summed E-state index contributed by atoms with van der Waals surface area (Å²) in [6.45, 7) is 0.490. The number of hydrogen-bond acceptors (Lipinski definition) is 3. The summed E-state index contributed by atoms with van der Waals surface area (Å²) in [6.07, 6.45) is 2.83. The van der Waals surface area contributed by atoms with Crippen molar-refractivity contribution in [1.29, 1.82) is 0 Å². The lowest BCUT2D eigenvalue weighted by Gasteiger charge is -2.08. The molecule has 1 aromatic rings. The van der Waals surface area contributed by atoms with Crippen molar-refractivity contribution in [2.45, 2.75) is 38.3 Å². The molecule has 7 heteroatoms. The molecule has 1 fully saturated rings. The quantitative estimate of drug-likeness (QED) is 0.835. The van der Waals surface area contributed by atoms with Gasteiger partial charge in [-0.3, -0.25) is 9.48 Å². The fourth-order valence-corrected chi connectivity index (χ4v) is 2.04. The second kappa shape index (κ2) is 5.90. The summed E-state index contributed by atoms with van der Waals surface area (Å²) < 4.78 is 25.3. The van der Waals surface area contributed by atoms with Gasteiger partial charge in [0.1, 0.15) is 6.54 Å². The van der Waals surface area contributed by atoms with Gasteiger partial charge in [0, 0.05) is 18.7 Å². The van der Waals surface area contributed by atoms with E-state index < -0.39 is 13.0 Å². The van der Waals surface area contributed by atoms with Crippen molar-refractivity contribution >= 4 is 11.6 Å². The summed E-state index contributed by atoms with van der Waals surface area (Å²) in [4.78, 5) is 11.7. The highest BCUT2D eigenvalue weighted by atomic mass is 19.3. The Hall–Kier alpha value is -1.50.